The minimum Gasteiger partial charge on any atom is -0.480 e. The first-order valence-electron chi connectivity index (χ1n) is 12.7. The van der Waals surface area contributed by atoms with E-state index in [1.54, 1.807) is 0 Å². The van der Waals surface area contributed by atoms with Crippen LogP contribution in [-0.2, 0) is 23.9 Å². The Bertz CT molecular complexity index is 1190. The third kappa shape index (κ3) is 10.4. The second-order valence-corrected chi connectivity index (χ2v) is 8.70. The molecule has 0 aliphatic carbocycles. The van der Waals surface area contributed by atoms with Crippen LogP contribution >= 0.6 is 0 Å². The predicted octanol–water partition coefficient (Wildman–Crippen LogP) is 1.01. The summed E-state index contributed by atoms with van der Waals surface area (Å²) in [5, 5.41) is 28.6. The molecule has 12 nitrogen and oxygen atoms in total. The molecule has 12 heteroatoms. The number of rotatable bonds is 19. The fraction of sp³-hybridized carbons (Fsp3) is 0.407. The number of hydrogen-bond donors (Lipinski definition) is 5. The van der Waals surface area contributed by atoms with Gasteiger partial charge in [0.2, 0.25) is 5.91 Å². The summed E-state index contributed by atoms with van der Waals surface area (Å²) in [5.41, 5.74) is 2.90. The molecule has 0 radical (unpaired) electrons. The van der Waals surface area contributed by atoms with Crippen LogP contribution in [0.5, 0.6) is 0 Å². The fourth-order valence-electron chi connectivity index (χ4n) is 3.96. The number of pyridine rings is 1. The van der Waals surface area contributed by atoms with Gasteiger partial charge in [0.25, 0.3) is 0 Å². The Hall–Kier alpha value is -3.84. The Kier molecular flexibility index (Phi) is 12.3. The van der Waals surface area contributed by atoms with Crippen LogP contribution < -0.4 is 16.0 Å². The highest BCUT2D eigenvalue weighted by molar-refractivity contribution is 6.07. The number of carbonyl (C=O) groups is 3. The Balaban J connectivity index is 1.27. The molecule has 1 heterocycles. The summed E-state index contributed by atoms with van der Waals surface area (Å²) in [6.45, 7) is 2.27. The standard InChI is InChI=1S/C27H35N5O7/c33-24(18-32(19-26(36)37)12-9-28-17-25(34)35)29-10-13-38-15-16-39-14-11-30-27-20-5-1-3-7-22(20)31-23-8-4-2-6-21(23)27/h1-8,28H,9-19H2,(H,29,33)(H,30,31)(H,34,35)(H,36,37). The molecule has 3 aromatic rings. The number of aromatic nitrogens is 1. The summed E-state index contributed by atoms with van der Waals surface area (Å²) in [4.78, 5) is 39.8. The van der Waals surface area contributed by atoms with Gasteiger partial charge >= 0.3 is 11.9 Å². The van der Waals surface area contributed by atoms with Crippen LogP contribution in [0, 0.1) is 0 Å². The summed E-state index contributed by atoms with van der Waals surface area (Å²) in [7, 11) is 0. The SMILES string of the molecule is O=C(O)CNCCN(CC(=O)O)CC(=O)NCCOCCOCCNc1c2ccccc2nc2ccccc12. The van der Waals surface area contributed by atoms with Crippen molar-refractivity contribution >= 4 is 45.3 Å². The normalized spacial score (nSPS) is 11.2. The van der Waals surface area contributed by atoms with Crippen LogP contribution in [0.25, 0.3) is 21.8 Å². The molecule has 3 rings (SSSR count). The smallest absolute Gasteiger partial charge is 0.317 e. The zero-order valence-electron chi connectivity index (χ0n) is 21.7. The molecule has 0 atom stereocenters. The molecule has 0 fully saturated rings. The van der Waals surface area contributed by atoms with Crippen molar-refractivity contribution in [3.8, 4) is 0 Å². The van der Waals surface area contributed by atoms with Crippen molar-refractivity contribution in [1.29, 1.82) is 0 Å². The first-order valence-corrected chi connectivity index (χ1v) is 12.7. The molecule has 0 unspecified atom stereocenters. The summed E-state index contributed by atoms with van der Waals surface area (Å²) >= 11 is 0. The molecule has 0 spiro atoms. The lowest BCUT2D eigenvalue weighted by molar-refractivity contribution is -0.139. The van der Waals surface area contributed by atoms with Crippen LogP contribution in [0.3, 0.4) is 0 Å². The molecule has 2 aromatic carbocycles. The number of para-hydroxylation sites is 2. The van der Waals surface area contributed by atoms with Crippen molar-refractivity contribution in [2.24, 2.45) is 0 Å². The van der Waals surface area contributed by atoms with Crippen molar-refractivity contribution in [3.63, 3.8) is 0 Å². The molecule has 1 aromatic heterocycles. The van der Waals surface area contributed by atoms with Crippen LogP contribution in [0.4, 0.5) is 5.69 Å². The number of benzene rings is 2. The summed E-state index contributed by atoms with van der Waals surface area (Å²) in [6, 6.07) is 16.0. The summed E-state index contributed by atoms with van der Waals surface area (Å²) < 4.78 is 11.2. The summed E-state index contributed by atoms with van der Waals surface area (Å²) in [6.07, 6.45) is 0. The highest BCUT2D eigenvalue weighted by Crippen LogP contribution is 2.30. The maximum absolute atomic E-state index is 12.1. The number of ether oxygens (including phenoxy) is 2. The van der Waals surface area contributed by atoms with E-state index in [0.29, 0.717) is 33.0 Å². The van der Waals surface area contributed by atoms with Gasteiger partial charge in [0.05, 0.1) is 62.8 Å². The largest absolute Gasteiger partial charge is 0.480 e. The number of nitrogens with one attached hydrogen (secondary N) is 3. The third-order valence-corrected chi connectivity index (χ3v) is 5.68. The van der Waals surface area contributed by atoms with Crippen LogP contribution in [0.1, 0.15) is 0 Å². The lowest BCUT2D eigenvalue weighted by atomic mass is 10.1. The molecular weight excluding hydrogens is 506 g/mol. The minimum absolute atomic E-state index is 0.112. The van der Waals surface area contributed by atoms with Crippen molar-refractivity contribution in [1.82, 2.24) is 20.5 Å². The number of anilines is 1. The highest BCUT2D eigenvalue weighted by atomic mass is 16.5. The van der Waals surface area contributed by atoms with Crippen molar-refractivity contribution < 1.29 is 34.1 Å². The number of carboxylic acid groups (broad SMARTS) is 2. The average Bonchev–Trinajstić information content (AvgIpc) is 2.91. The molecular formula is C27H35N5O7. The Morgan fingerprint density at radius 2 is 1.38 bits per heavy atom. The van der Waals surface area contributed by atoms with Crippen LogP contribution in [0.2, 0.25) is 0 Å². The van der Waals surface area contributed by atoms with Gasteiger partial charge in [-0.15, -0.1) is 0 Å². The summed E-state index contributed by atoms with van der Waals surface area (Å²) in [5.74, 6) is -2.41. The average molecular weight is 542 g/mol. The van der Waals surface area contributed by atoms with Gasteiger partial charge in [0.1, 0.15) is 0 Å². The highest BCUT2D eigenvalue weighted by Gasteiger charge is 2.14. The number of fused-ring (bicyclic) bond motifs is 2. The van der Waals surface area contributed by atoms with E-state index in [2.05, 4.69) is 16.0 Å². The van der Waals surface area contributed by atoms with Crippen LogP contribution in [0.15, 0.2) is 48.5 Å². The first-order chi connectivity index (χ1) is 18.9. The van der Waals surface area contributed by atoms with Gasteiger partial charge in [-0.2, -0.15) is 0 Å². The molecule has 39 heavy (non-hydrogen) atoms. The number of aliphatic carboxylic acids is 2. The third-order valence-electron chi connectivity index (χ3n) is 5.68. The van der Waals surface area contributed by atoms with Gasteiger partial charge < -0.3 is 35.6 Å². The molecule has 0 bridgehead atoms. The Morgan fingerprint density at radius 3 is 2.00 bits per heavy atom. The predicted molar refractivity (Wildman–Crippen MR) is 147 cm³/mol. The first kappa shape index (κ1) is 29.7. The molecule has 0 aliphatic rings. The van der Waals surface area contributed by atoms with Crippen molar-refractivity contribution in [3.05, 3.63) is 48.5 Å². The monoisotopic (exact) mass is 541 g/mol. The van der Waals surface area contributed by atoms with E-state index in [1.807, 2.05) is 48.5 Å². The quantitative estimate of drug-likeness (QED) is 0.109. The number of carboxylic acids is 2. The molecule has 0 saturated carbocycles. The van der Waals surface area contributed by atoms with Gasteiger partial charge in [-0.1, -0.05) is 36.4 Å². The zero-order valence-corrected chi connectivity index (χ0v) is 21.7. The van der Waals surface area contributed by atoms with Gasteiger partial charge in [0.15, 0.2) is 0 Å². The van der Waals surface area contributed by atoms with Gasteiger partial charge in [0, 0.05) is 37.0 Å². The fourth-order valence-corrected chi connectivity index (χ4v) is 3.96. The van der Waals surface area contributed by atoms with Crippen LogP contribution in [-0.4, -0.2) is 110 Å². The minimum atomic E-state index is -1.07. The number of carbonyl (C=O) groups excluding carboxylic acids is 1. The van der Waals surface area contributed by atoms with Crippen molar-refractivity contribution in [2.45, 2.75) is 0 Å². The Morgan fingerprint density at radius 1 is 0.769 bits per heavy atom. The molecule has 210 valence electrons. The lowest BCUT2D eigenvalue weighted by Gasteiger charge is -2.19. The number of amides is 1. The molecule has 0 saturated heterocycles. The van der Waals surface area contributed by atoms with E-state index in [9.17, 15) is 14.4 Å². The maximum Gasteiger partial charge on any atom is 0.317 e. The van der Waals surface area contributed by atoms with E-state index in [-0.39, 0.29) is 45.2 Å². The van der Waals surface area contributed by atoms with E-state index in [0.717, 1.165) is 27.5 Å². The topological polar surface area (TPSA) is 162 Å². The van der Waals surface area contributed by atoms with Gasteiger partial charge in [-0.25, -0.2) is 4.98 Å². The maximum atomic E-state index is 12.1. The lowest BCUT2D eigenvalue weighted by Crippen LogP contribution is -2.43. The second-order valence-electron chi connectivity index (χ2n) is 8.70. The second kappa shape index (κ2) is 16.2. The van der Waals surface area contributed by atoms with E-state index in [1.165, 1.54) is 4.90 Å². The van der Waals surface area contributed by atoms with E-state index < -0.39 is 11.9 Å². The Labute approximate surface area is 226 Å². The van der Waals surface area contributed by atoms with E-state index in [4.69, 9.17) is 24.7 Å². The molecule has 5 N–H and O–H groups in total. The van der Waals surface area contributed by atoms with E-state index >= 15 is 0 Å². The van der Waals surface area contributed by atoms with Gasteiger partial charge in [-0.3, -0.25) is 19.3 Å². The molecule has 0 aliphatic heterocycles. The zero-order chi connectivity index (χ0) is 27.9. The number of hydrogen-bond acceptors (Lipinski definition) is 9. The molecule has 1 amide bonds. The number of nitrogens with zero attached hydrogens (tertiary/aromatic N) is 2. The van der Waals surface area contributed by atoms with Crippen molar-refractivity contribution in [2.75, 3.05) is 77.6 Å². The van der Waals surface area contributed by atoms with Gasteiger partial charge in [-0.05, 0) is 12.1 Å².